The highest BCUT2D eigenvalue weighted by Crippen LogP contribution is 2.28. The summed E-state index contributed by atoms with van der Waals surface area (Å²) in [6.45, 7) is 0.677. The summed E-state index contributed by atoms with van der Waals surface area (Å²) in [5, 5.41) is 1.97. The van der Waals surface area contributed by atoms with Gasteiger partial charge in [0.25, 0.3) is 0 Å². The monoisotopic (exact) mass is 332 g/mol. The first-order chi connectivity index (χ1) is 11.1. The van der Waals surface area contributed by atoms with E-state index in [-0.39, 0.29) is 24.3 Å². The van der Waals surface area contributed by atoms with Gasteiger partial charge in [0.1, 0.15) is 6.04 Å². The molecule has 3 heterocycles. The fraction of sp³-hybridized carbons (Fsp3) is 0.562. The number of aromatic nitrogens is 2. The number of likely N-dealkylation sites (N-methyl/N-ethyl adjacent to an activating group) is 1. The Morgan fingerprint density at radius 1 is 1.39 bits per heavy atom. The van der Waals surface area contributed by atoms with Gasteiger partial charge in [-0.2, -0.15) is 0 Å². The van der Waals surface area contributed by atoms with Crippen LogP contribution in [0.15, 0.2) is 17.8 Å². The molecule has 2 aromatic heterocycles. The maximum absolute atomic E-state index is 12.6. The second kappa shape index (κ2) is 5.63. The van der Waals surface area contributed by atoms with Crippen LogP contribution in [0.3, 0.4) is 0 Å². The highest BCUT2D eigenvalue weighted by Gasteiger charge is 2.39. The number of hydrogen-bond acceptors (Lipinski definition) is 4. The minimum Gasteiger partial charge on any atom is -0.341 e. The molecule has 0 bridgehead atoms. The molecule has 6 nitrogen and oxygen atoms in total. The van der Waals surface area contributed by atoms with E-state index in [1.54, 1.807) is 16.2 Å². The topological polar surface area (TPSA) is 57.9 Å². The van der Waals surface area contributed by atoms with Crippen molar-refractivity contribution in [1.82, 2.24) is 19.2 Å². The molecule has 1 saturated carbocycles. The number of amides is 2. The normalized spacial score (nSPS) is 21.1. The molecule has 0 aromatic carbocycles. The zero-order valence-corrected chi connectivity index (χ0v) is 14.0. The molecule has 0 N–H and O–H groups in total. The molecule has 0 radical (unpaired) electrons. The fourth-order valence-corrected chi connectivity index (χ4v) is 4.04. The van der Waals surface area contributed by atoms with Gasteiger partial charge >= 0.3 is 0 Å². The van der Waals surface area contributed by atoms with E-state index in [4.69, 9.17) is 0 Å². The molecule has 1 aliphatic heterocycles. The maximum Gasteiger partial charge on any atom is 0.245 e. The average Bonchev–Trinajstić information content (AvgIpc) is 2.94. The number of hydrogen-bond donors (Lipinski definition) is 0. The Kier molecular flexibility index (Phi) is 3.60. The highest BCUT2D eigenvalue weighted by atomic mass is 32.1. The third kappa shape index (κ3) is 2.73. The van der Waals surface area contributed by atoms with Crippen molar-refractivity contribution >= 4 is 28.1 Å². The number of fused-ring (bicyclic) bond motifs is 1. The SMILES string of the molecule is CN(C(=O)[C@@H]1CCCN1C(=O)Cc1cn2ccsc2n1)C1CC1. The molecule has 122 valence electrons. The highest BCUT2D eigenvalue weighted by molar-refractivity contribution is 7.15. The summed E-state index contributed by atoms with van der Waals surface area (Å²) in [5.74, 6) is 0.111. The Morgan fingerprint density at radius 2 is 2.22 bits per heavy atom. The summed E-state index contributed by atoms with van der Waals surface area (Å²) in [4.78, 5) is 34.2. The number of imidazole rings is 1. The standard InChI is InChI=1S/C16H20N4O2S/c1-18(12-4-5-12)15(22)13-3-2-6-20(13)14(21)9-11-10-19-7-8-23-16(19)17-11/h7-8,10,12-13H,2-6,9H2,1H3/t13-/m0/s1. The largest absolute Gasteiger partial charge is 0.341 e. The minimum atomic E-state index is -0.281. The minimum absolute atomic E-state index is 0.0100. The van der Waals surface area contributed by atoms with E-state index in [0.717, 1.165) is 36.3 Å². The lowest BCUT2D eigenvalue weighted by Crippen LogP contribution is -2.47. The molecule has 2 amide bonds. The van der Waals surface area contributed by atoms with Crippen LogP contribution in [0.2, 0.25) is 0 Å². The summed E-state index contributed by atoms with van der Waals surface area (Å²) < 4.78 is 1.93. The van der Waals surface area contributed by atoms with E-state index < -0.39 is 0 Å². The van der Waals surface area contributed by atoms with Crippen molar-refractivity contribution in [3.05, 3.63) is 23.5 Å². The lowest BCUT2D eigenvalue weighted by molar-refractivity contribution is -0.143. The van der Waals surface area contributed by atoms with Crippen LogP contribution in [0.4, 0.5) is 0 Å². The molecule has 2 aliphatic rings. The van der Waals surface area contributed by atoms with Crippen LogP contribution < -0.4 is 0 Å². The van der Waals surface area contributed by atoms with Crippen molar-refractivity contribution < 1.29 is 9.59 Å². The third-order valence-corrected chi connectivity index (χ3v) is 5.55. The fourth-order valence-electron chi connectivity index (χ4n) is 3.32. The van der Waals surface area contributed by atoms with Crippen LogP contribution >= 0.6 is 11.3 Å². The van der Waals surface area contributed by atoms with E-state index in [0.29, 0.717) is 12.6 Å². The van der Waals surface area contributed by atoms with Crippen molar-refractivity contribution in [3.8, 4) is 0 Å². The molecule has 2 aromatic rings. The van der Waals surface area contributed by atoms with E-state index in [1.807, 2.05) is 34.1 Å². The lowest BCUT2D eigenvalue weighted by Gasteiger charge is -2.28. The van der Waals surface area contributed by atoms with Crippen LogP contribution in [0, 0.1) is 0 Å². The maximum atomic E-state index is 12.6. The summed E-state index contributed by atoms with van der Waals surface area (Å²) in [5.41, 5.74) is 0.774. The summed E-state index contributed by atoms with van der Waals surface area (Å²) in [6.07, 6.45) is 7.97. The van der Waals surface area contributed by atoms with Crippen molar-refractivity contribution in [3.63, 3.8) is 0 Å². The van der Waals surface area contributed by atoms with Gasteiger partial charge in [-0.15, -0.1) is 11.3 Å². The Bertz CT molecular complexity index is 720. The molecule has 23 heavy (non-hydrogen) atoms. The average molecular weight is 332 g/mol. The molecule has 2 fully saturated rings. The van der Waals surface area contributed by atoms with E-state index in [9.17, 15) is 9.59 Å². The van der Waals surface area contributed by atoms with Gasteiger partial charge in [0.05, 0.1) is 12.1 Å². The molecule has 1 atom stereocenters. The number of rotatable bonds is 4. The van der Waals surface area contributed by atoms with Gasteiger partial charge in [0.2, 0.25) is 11.8 Å². The Labute approximate surface area is 138 Å². The smallest absolute Gasteiger partial charge is 0.245 e. The van der Waals surface area contributed by atoms with E-state index in [2.05, 4.69) is 4.98 Å². The molecule has 0 unspecified atom stereocenters. The molecular formula is C16H20N4O2S. The van der Waals surface area contributed by atoms with E-state index in [1.165, 1.54) is 0 Å². The lowest BCUT2D eigenvalue weighted by atomic mass is 10.2. The van der Waals surface area contributed by atoms with Crippen molar-refractivity contribution in [1.29, 1.82) is 0 Å². The number of nitrogens with zero attached hydrogens (tertiary/aromatic N) is 4. The van der Waals surface area contributed by atoms with Gasteiger partial charge < -0.3 is 9.80 Å². The number of carbonyl (C=O) groups excluding carboxylic acids is 2. The van der Waals surface area contributed by atoms with Gasteiger partial charge in [0, 0.05) is 37.4 Å². The van der Waals surface area contributed by atoms with Crippen LogP contribution in [-0.2, 0) is 16.0 Å². The molecular weight excluding hydrogens is 312 g/mol. The molecule has 7 heteroatoms. The third-order valence-electron chi connectivity index (χ3n) is 4.78. The summed E-state index contributed by atoms with van der Waals surface area (Å²) in [6, 6.07) is 0.108. The van der Waals surface area contributed by atoms with Crippen LogP contribution in [0.1, 0.15) is 31.4 Å². The zero-order valence-electron chi connectivity index (χ0n) is 13.1. The van der Waals surface area contributed by atoms with Gasteiger partial charge in [-0.05, 0) is 25.7 Å². The Balaban J connectivity index is 1.45. The quantitative estimate of drug-likeness (QED) is 0.853. The Morgan fingerprint density at radius 3 is 2.96 bits per heavy atom. The van der Waals surface area contributed by atoms with Gasteiger partial charge in [0.15, 0.2) is 4.96 Å². The number of likely N-dealkylation sites (tertiary alicyclic amines) is 1. The van der Waals surface area contributed by atoms with Crippen LogP contribution in [0.25, 0.3) is 4.96 Å². The van der Waals surface area contributed by atoms with Crippen molar-refractivity contribution in [2.75, 3.05) is 13.6 Å². The van der Waals surface area contributed by atoms with Crippen LogP contribution in [0.5, 0.6) is 0 Å². The van der Waals surface area contributed by atoms with Crippen LogP contribution in [-0.4, -0.2) is 56.7 Å². The molecule has 0 spiro atoms. The number of thiazole rings is 1. The molecule has 1 aliphatic carbocycles. The summed E-state index contributed by atoms with van der Waals surface area (Å²) >= 11 is 1.55. The van der Waals surface area contributed by atoms with Crippen molar-refractivity contribution in [2.24, 2.45) is 0 Å². The first-order valence-corrected chi connectivity index (χ1v) is 8.98. The predicted molar refractivity (Wildman–Crippen MR) is 87.3 cm³/mol. The second-order valence-corrected chi connectivity index (χ2v) is 7.30. The summed E-state index contributed by atoms with van der Waals surface area (Å²) in [7, 11) is 1.87. The molecule has 1 saturated heterocycles. The van der Waals surface area contributed by atoms with Crippen molar-refractivity contribution in [2.45, 2.75) is 44.2 Å². The zero-order chi connectivity index (χ0) is 16.0. The Hall–Kier alpha value is -1.89. The first-order valence-electron chi connectivity index (χ1n) is 8.10. The first kappa shape index (κ1) is 14.7. The second-order valence-electron chi connectivity index (χ2n) is 6.43. The van der Waals surface area contributed by atoms with E-state index >= 15 is 0 Å². The van der Waals surface area contributed by atoms with Gasteiger partial charge in [-0.3, -0.25) is 14.0 Å². The number of carbonyl (C=O) groups is 2. The predicted octanol–water partition coefficient (Wildman–Crippen LogP) is 1.55. The molecule has 4 rings (SSSR count). The van der Waals surface area contributed by atoms with Gasteiger partial charge in [-0.1, -0.05) is 0 Å². The van der Waals surface area contributed by atoms with Gasteiger partial charge in [-0.25, -0.2) is 4.98 Å².